The molecule has 0 spiro atoms. The Morgan fingerprint density at radius 2 is 2.17 bits per heavy atom. The summed E-state index contributed by atoms with van der Waals surface area (Å²) in [5.74, 6) is -0.163. The molecule has 100 valence electrons. The van der Waals surface area contributed by atoms with Crippen LogP contribution in [0, 0.1) is 11.7 Å². The van der Waals surface area contributed by atoms with Gasteiger partial charge in [0.15, 0.2) is 0 Å². The zero-order valence-corrected chi connectivity index (χ0v) is 12.1. The molecule has 1 rings (SSSR count). The van der Waals surface area contributed by atoms with Crippen molar-refractivity contribution in [2.75, 3.05) is 6.54 Å². The Kier molecular flexibility index (Phi) is 5.75. The van der Waals surface area contributed by atoms with E-state index < -0.39 is 0 Å². The molecule has 0 aromatic heterocycles. The summed E-state index contributed by atoms with van der Waals surface area (Å²) in [5.41, 5.74) is 6.04. The van der Waals surface area contributed by atoms with E-state index in [2.05, 4.69) is 35.1 Å². The highest BCUT2D eigenvalue weighted by atomic mass is 79.9. The summed E-state index contributed by atoms with van der Waals surface area (Å²) in [4.78, 5) is 12.0. The molecule has 0 heterocycles. The predicted octanol–water partition coefficient (Wildman–Crippen LogP) is 2.69. The molecule has 0 aliphatic heterocycles. The summed E-state index contributed by atoms with van der Waals surface area (Å²) in [5, 5.41) is 2.86. The predicted molar refractivity (Wildman–Crippen MR) is 73.9 cm³/mol. The van der Waals surface area contributed by atoms with Crippen molar-refractivity contribution < 1.29 is 9.18 Å². The third-order valence-corrected chi connectivity index (χ3v) is 3.21. The van der Waals surface area contributed by atoms with Gasteiger partial charge in [-0.15, -0.1) is 0 Å². The summed E-state index contributed by atoms with van der Waals surface area (Å²) >= 11 is 3.18. The molecule has 5 heteroatoms. The van der Waals surface area contributed by atoms with Gasteiger partial charge in [-0.25, -0.2) is 4.39 Å². The highest BCUT2D eigenvalue weighted by Gasteiger charge is 2.16. The minimum absolute atomic E-state index is 0.0607. The van der Waals surface area contributed by atoms with Crippen molar-refractivity contribution in [3.05, 3.63) is 34.1 Å². The first-order valence-electron chi connectivity index (χ1n) is 5.90. The normalized spacial score (nSPS) is 12.6. The quantitative estimate of drug-likeness (QED) is 0.877. The van der Waals surface area contributed by atoms with Crippen LogP contribution in [-0.4, -0.2) is 18.5 Å². The van der Waals surface area contributed by atoms with E-state index in [-0.39, 0.29) is 17.8 Å². The maximum Gasteiger partial charge on any atom is 0.252 e. The van der Waals surface area contributed by atoms with Crippen LogP contribution in [0.3, 0.4) is 0 Å². The van der Waals surface area contributed by atoms with Crippen molar-refractivity contribution in [1.82, 2.24) is 5.32 Å². The number of amides is 1. The van der Waals surface area contributed by atoms with Gasteiger partial charge in [-0.3, -0.25) is 4.79 Å². The van der Waals surface area contributed by atoms with Gasteiger partial charge in [-0.2, -0.15) is 0 Å². The molecule has 0 saturated heterocycles. The molecule has 0 bridgehead atoms. The highest BCUT2D eigenvalue weighted by Crippen LogP contribution is 2.18. The zero-order valence-electron chi connectivity index (χ0n) is 10.5. The fraction of sp³-hybridized carbons (Fsp3) is 0.462. The molecule has 0 aliphatic carbocycles. The van der Waals surface area contributed by atoms with Crippen molar-refractivity contribution in [2.45, 2.75) is 26.3 Å². The molecule has 1 atom stereocenters. The number of carbonyl (C=O) groups is 1. The summed E-state index contributed by atoms with van der Waals surface area (Å²) < 4.78 is 13.4. The molecule has 1 amide bonds. The first kappa shape index (κ1) is 15.1. The van der Waals surface area contributed by atoms with E-state index in [0.29, 0.717) is 22.5 Å². The van der Waals surface area contributed by atoms with Crippen molar-refractivity contribution in [3.8, 4) is 0 Å². The Balaban J connectivity index is 2.74. The van der Waals surface area contributed by atoms with Crippen LogP contribution in [0.25, 0.3) is 0 Å². The number of benzene rings is 1. The first-order chi connectivity index (χ1) is 8.43. The Morgan fingerprint density at radius 1 is 1.50 bits per heavy atom. The lowest BCUT2D eigenvalue weighted by molar-refractivity contribution is 0.0933. The molecule has 1 unspecified atom stereocenters. The number of hydrogen-bond donors (Lipinski definition) is 2. The Labute approximate surface area is 115 Å². The number of carbonyl (C=O) groups excluding carboxylic acids is 1. The zero-order chi connectivity index (χ0) is 13.7. The van der Waals surface area contributed by atoms with Gasteiger partial charge in [-0.1, -0.05) is 13.8 Å². The van der Waals surface area contributed by atoms with Gasteiger partial charge >= 0.3 is 0 Å². The molecule has 3 N–H and O–H groups in total. The van der Waals surface area contributed by atoms with Crippen LogP contribution in [0.15, 0.2) is 22.7 Å². The van der Waals surface area contributed by atoms with E-state index in [1.54, 1.807) is 0 Å². The third-order valence-electron chi connectivity index (χ3n) is 2.55. The van der Waals surface area contributed by atoms with E-state index >= 15 is 0 Å². The summed E-state index contributed by atoms with van der Waals surface area (Å²) in [6.45, 7) is 4.54. The average Bonchev–Trinajstić information content (AvgIpc) is 2.27. The molecule has 0 fully saturated rings. The average molecular weight is 317 g/mol. The number of rotatable bonds is 5. The molecule has 1 aromatic rings. The van der Waals surface area contributed by atoms with Crippen LogP contribution in [0.1, 0.15) is 30.6 Å². The van der Waals surface area contributed by atoms with Gasteiger partial charge in [0.25, 0.3) is 5.91 Å². The van der Waals surface area contributed by atoms with Crippen LogP contribution < -0.4 is 11.1 Å². The van der Waals surface area contributed by atoms with E-state index in [9.17, 15) is 9.18 Å². The maximum absolute atomic E-state index is 12.9. The van der Waals surface area contributed by atoms with E-state index in [1.807, 2.05) is 0 Å². The third kappa shape index (κ3) is 4.38. The summed E-state index contributed by atoms with van der Waals surface area (Å²) in [6, 6.07) is 3.93. The molecule has 0 aliphatic rings. The van der Waals surface area contributed by atoms with Gasteiger partial charge in [0.05, 0.1) is 5.56 Å². The monoisotopic (exact) mass is 316 g/mol. The number of nitrogens with one attached hydrogen (secondary N) is 1. The Bertz CT molecular complexity index is 423. The maximum atomic E-state index is 12.9. The van der Waals surface area contributed by atoms with E-state index in [4.69, 9.17) is 5.73 Å². The fourth-order valence-corrected chi connectivity index (χ4v) is 2.25. The fourth-order valence-electron chi connectivity index (χ4n) is 1.72. The van der Waals surface area contributed by atoms with Crippen molar-refractivity contribution in [1.29, 1.82) is 0 Å². The van der Waals surface area contributed by atoms with Crippen LogP contribution in [0.5, 0.6) is 0 Å². The van der Waals surface area contributed by atoms with E-state index in [0.717, 1.165) is 6.42 Å². The lowest BCUT2D eigenvalue weighted by Crippen LogP contribution is -2.41. The second-order valence-electron chi connectivity index (χ2n) is 4.66. The Hall–Kier alpha value is -0.940. The molecule has 1 aromatic carbocycles. The van der Waals surface area contributed by atoms with Gasteiger partial charge < -0.3 is 11.1 Å². The number of halogens is 2. The van der Waals surface area contributed by atoms with Crippen LogP contribution >= 0.6 is 15.9 Å². The summed E-state index contributed by atoms with van der Waals surface area (Å²) in [6.07, 6.45) is 0.820. The molecule has 0 saturated carbocycles. The van der Waals surface area contributed by atoms with Crippen molar-refractivity contribution in [2.24, 2.45) is 11.7 Å². The topological polar surface area (TPSA) is 55.1 Å². The van der Waals surface area contributed by atoms with Gasteiger partial charge in [0.1, 0.15) is 5.82 Å². The minimum Gasteiger partial charge on any atom is -0.348 e. The first-order valence-corrected chi connectivity index (χ1v) is 6.69. The molecular formula is C13H18BrFN2O. The van der Waals surface area contributed by atoms with Crippen molar-refractivity contribution >= 4 is 21.8 Å². The highest BCUT2D eigenvalue weighted by molar-refractivity contribution is 9.10. The SMILES string of the molecule is CC(C)CC(CN)NC(=O)c1ccc(F)cc1Br. The number of nitrogens with two attached hydrogens (primary N) is 1. The van der Waals surface area contributed by atoms with Gasteiger partial charge in [0, 0.05) is 17.1 Å². The van der Waals surface area contributed by atoms with Crippen molar-refractivity contribution in [3.63, 3.8) is 0 Å². The summed E-state index contributed by atoms with van der Waals surface area (Å²) in [7, 11) is 0. The molecule has 18 heavy (non-hydrogen) atoms. The standard InChI is InChI=1S/C13H18BrFN2O/c1-8(2)5-10(7-16)17-13(18)11-4-3-9(15)6-12(11)14/h3-4,6,8,10H,5,7,16H2,1-2H3,(H,17,18). The second-order valence-corrected chi connectivity index (χ2v) is 5.51. The molecular weight excluding hydrogens is 299 g/mol. The van der Waals surface area contributed by atoms with Crippen LogP contribution in [-0.2, 0) is 0 Å². The van der Waals surface area contributed by atoms with Crippen LogP contribution in [0.2, 0.25) is 0 Å². The molecule has 3 nitrogen and oxygen atoms in total. The van der Waals surface area contributed by atoms with Gasteiger partial charge in [0.2, 0.25) is 0 Å². The van der Waals surface area contributed by atoms with E-state index in [1.165, 1.54) is 18.2 Å². The van der Waals surface area contributed by atoms with Crippen LogP contribution in [0.4, 0.5) is 4.39 Å². The second kappa shape index (κ2) is 6.85. The van der Waals surface area contributed by atoms with Gasteiger partial charge in [-0.05, 0) is 46.5 Å². The minimum atomic E-state index is -0.379. The molecule has 0 radical (unpaired) electrons. The lowest BCUT2D eigenvalue weighted by Gasteiger charge is -2.19. The Morgan fingerprint density at radius 3 is 2.67 bits per heavy atom. The smallest absolute Gasteiger partial charge is 0.252 e. The largest absolute Gasteiger partial charge is 0.348 e. The number of hydrogen-bond acceptors (Lipinski definition) is 2. The lowest BCUT2D eigenvalue weighted by atomic mass is 10.0.